The van der Waals surface area contributed by atoms with Crippen molar-refractivity contribution >= 4 is 16.9 Å². The van der Waals surface area contributed by atoms with Gasteiger partial charge in [0.1, 0.15) is 5.75 Å². The van der Waals surface area contributed by atoms with Gasteiger partial charge in [0, 0.05) is 35.2 Å². The van der Waals surface area contributed by atoms with Gasteiger partial charge in [0.05, 0.1) is 18.8 Å². The Morgan fingerprint density at radius 2 is 1.97 bits per heavy atom. The first-order valence-corrected chi connectivity index (χ1v) is 11.9. The molecule has 2 aromatic carbocycles. The largest absolute Gasteiger partial charge is 0.496 e. The molecule has 186 valence electrons. The van der Waals surface area contributed by atoms with E-state index in [2.05, 4.69) is 28.9 Å². The predicted molar refractivity (Wildman–Crippen MR) is 128 cm³/mol. The third-order valence-electron chi connectivity index (χ3n) is 7.85. The van der Waals surface area contributed by atoms with Crippen LogP contribution in [0.4, 0.5) is 8.78 Å². The average Bonchev–Trinajstić information content (AvgIpc) is 3.31. The number of likely N-dealkylation sites (tertiary alicyclic amines) is 1. The summed E-state index contributed by atoms with van der Waals surface area (Å²) in [4.78, 5) is 17.1. The van der Waals surface area contributed by atoms with Crippen molar-refractivity contribution in [3.8, 4) is 5.75 Å². The van der Waals surface area contributed by atoms with Crippen LogP contribution in [0.3, 0.4) is 0 Å². The van der Waals surface area contributed by atoms with E-state index < -0.39 is 18.7 Å². The number of nitrogens with zero attached hydrogens (tertiary/aromatic N) is 1. The second-order valence-electron chi connectivity index (χ2n) is 9.94. The van der Waals surface area contributed by atoms with Crippen LogP contribution in [0, 0.1) is 12.3 Å². The van der Waals surface area contributed by atoms with Crippen LogP contribution in [0.5, 0.6) is 5.75 Å². The van der Waals surface area contributed by atoms with E-state index in [-0.39, 0.29) is 17.0 Å². The number of hydrogen-bond donors (Lipinski definition) is 2. The molecule has 2 heterocycles. The smallest absolute Gasteiger partial charge is 0.345 e. The van der Waals surface area contributed by atoms with Crippen molar-refractivity contribution in [2.75, 3.05) is 13.7 Å². The van der Waals surface area contributed by atoms with Crippen molar-refractivity contribution < 1.29 is 28.2 Å². The number of carboxylic acid groups (broad SMARTS) is 1. The summed E-state index contributed by atoms with van der Waals surface area (Å²) in [6, 6.07) is 11.2. The molecule has 1 unspecified atom stereocenters. The minimum absolute atomic E-state index is 0.0269. The second-order valence-corrected chi connectivity index (χ2v) is 9.94. The molecule has 2 aliphatic rings. The van der Waals surface area contributed by atoms with Gasteiger partial charge < -0.3 is 19.6 Å². The highest BCUT2D eigenvalue weighted by Gasteiger charge is 2.50. The van der Waals surface area contributed by atoms with Gasteiger partial charge in [-0.3, -0.25) is 4.90 Å². The number of methoxy groups -OCH3 is 1. The molecule has 1 aliphatic heterocycles. The van der Waals surface area contributed by atoms with Crippen LogP contribution >= 0.6 is 0 Å². The SMILES string of the molecule is COc1cc(C)c2[nH]ccc2c1CN1CCC2(CC(OC(F)F)C2)CC1c1ccc(C(=O)O)cc1. The Morgan fingerprint density at radius 1 is 1.23 bits per heavy atom. The minimum Gasteiger partial charge on any atom is -0.496 e. The Hall–Kier alpha value is -2.97. The van der Waals surface area contributed by atoms with Crippen molar-refractivity contribution in [3.05, 3.63) is 64.8 Å². The van der Waals surface area contributed by atoms with Crippen molar-refractivity contribution in [2.24, 2.45) is 5.41 Å². The quantitative estimate of drug-likeness (QED) is 0.436. The number of aromatic amines is 1. The van der Waals surface area contributed by atoms with Gasteiger partial charge in [-0.25, -0.2) is 4.79 Å². The number of aromatic carboxylic acids is 1. The molecule has 1 spiro atoms. The standard InChI is InChI=1S/C27H30F2N2O4/c1-16-11-23(34-2)21(20-7-9-30-24(16)20)15-31-10-8-27(12-19(13-27)35-26(28)29)14-22(31)17-3-5-18(6-4-17)25(32)33/h3-7,9,11,19,22,26,30H,8,10,12-15H2,1-2H3,(H,32,33). The summed E-state index contributed by atoms with van der Waals surface area (Å²) in [6.07, 6.45) is 4.52. The number of rotatable bonds is 7. The van der Waals surface area contributed by atoms with Crippen LogP contribution in [0.2, 0.25) is 0 Å². The maximum absolute atomic E-state index is 12.7. The molecular weight excluding hydrogens is 454 g/mol. The monoisotopic (exact) mass is 484 g/mol. The van der Waals surface area contributed by atoms with E-state index in [4.69, 9.17) is 9.47 Å². The number of benzene rings is 2. The summed E-state index contributed by atoms with van der Waals surface area (Å²) in [7, 11) is 1.68. The van der Waals surface area contributed by atoms with Crippen LogP contribution in [-0.2, 0) is 11.3 Å². The molecule has 0 bridgehead atoms. The summed E-state index contributed by atoms with van der Waals surface area (Å²) in [5.74, 6) is -0.123. The van der Waals surface area contributed by atoms with Gasteiger partial charge in [-0.2, -0.15) is 8.78 Å². The molecule has 3 aromatic rings. The molecule has 1 saturated carbocycles. The maximum Gasteiger partial charge on any atom is 0.345 e. The van der Waals surface area contributed by atoms with Crippen molar-refractivity contribution in [1.29, 1.82) is 0 Å². The van der Waals surface area contributed by atoms with Crippen molar-refractivity contribution in [1.82, 2.24) is 9.88 Å². The van der Waals surface area contributed by atoms with E-state index in [9.17, 15) is 18.7 Å². The van der Waals surface area contributed by atoms with Gasteiger partial charge in [-0.05, 0) is 80.0 Å². The first-order valence-electron chi connectivity index (χ1n) is 11.9. The fraction of sp³-hybridized carbons (Fsp3) is 0.444. The number of aromatic nitrogens is 1. The molecule has 0 amide bonds. The average molecular weight is 485 g/mol. The molecule has 2 fully saturated rings. The molecule has 1 aliphatic carbocycles. The molecule has 2 N–H and O–H groups in total. The molecule has 35 heavy (non-hydrogen) atoms. The predicted octanol–water partition coefficient (Wildman–Crippen LogP) is 5.91. The first kappa shape index (κ1) is 23.8. The number of ether oxygens (including phenoxy) is 2. The summed E-state index contributed by atoms with van der Waals surface area (Å²) in [6.45, 7) is 0.776. The van der Waals surface area contributed by atoms with E-state index in [1.165, 1.54) is 0 Å². The van der Waals surface area contributed by atoms with Crippen LogP contribution in [-0.4, -0.2) is 47.3 Å². The van der Waals surface area contributed by atoms with E-state index in [0.29, 0.717) is 19.4 Å². The number of aryl methyl sites for hydroxylation is 1. The zero-order valence-corrected chi connectivity index (χ0v) is 19.9. The Bertz CT molecular complexity index is 1220. The van der Waals surface area contributed by atoms with Gasteiger partial charge in [-0.1, -0.05) is 12.1 Å². The van der Waals surface area contributed by atoms with E-state index >= 15 is 0 Å². The van der Waals surface area contributed by atoms with Gasteiger partial charge in [0.15, 0.2) is 0 Å². The molecule has 1 aromatic heterocycles. The third-order valence-corrected chi connectivity index (χ3v) is 7.85. The van der Waals surface area contributed by atoms with Crippen LogP contribution < -0.4 is 4.74 Å². The molecule has 6 nitrogen and oxygen atoms in total. The molecule has 8 heteroatoms. The number of H-pyrrole nitrogens is 1. The lowest BCUT2D eigenvalue weighted by Crippen LogP contribution is -2.51. The molecule has 1 saturated heterocycles. The fourth-order valence-electron chi connectivity index (χ4n) is 6.05. The number of fused-ring (bicyclic) bond motifs is 1. The fourth-order valence-corrected chi connectivity index (χ4v) is 6.05. The van der Waals surface area contributed by atoms with E-state index in [1.54, 1.807) is 19.2 Å². The van der Waals surface area contributed by atoms with Crippen LogP contribution in [0.1, 0.15) is 58.8 Å². The zero-order valence-electron chi connectivity index (χ0n) is 19.9. The third kappa shape index (κ3) is 4.52. The van der Waals surface area contributed by atoms with Crippen molar-refractivity contribution in [3.63, 3.8) is 0 Å². The van der Waals surface area contributed by atoms with Gasteiger partial charge in [0.2, 0.25) is 0 Å². The number of piperidine rings is 1. The highest BCUT2D eigenvalue weighted by atomic mass is 19.3. The summed E-state index contributed by atoms with van der Waals surface area (Å²) in [5, 5.41) is 10.4. The van der Waals surface area contributed by atoms with Crippen LogP contribution in [0.25, 0.3) is 10.9 Å². The normalized spacial score (nSPS) is 24.7. The lowest BCUT2D eigenvalue weighted by Gasteiger charge is -2.54. The summed E-state index contributed by atoms with van der Waals surface area (Å²) >= 11 is 0. The summed E-state index contributed by atoms with van der Waals surface area (Å²) in [5.41, 5.74) is 4.54. The number of hydrogen-bond acceptors (Lipinski definition) is 4. The maximum atomic E-state index is 12.7. The molecule has 5 rings (SSSR count). The Balaban J connectivity index is 1.46. The lowest BCUT2D eigenvalue weighted by molar-refractivity contribution is -0.217. The lowest BCUT2D eigenvalue weighted by atomic mass is 9.59. The number of alkyl halides is 2. The second kappa shape index (κ2) is 9.24. The topological polar surface area (TPSA) is 74.8 Å². The van der Waals surface area contributed by atoms with Gasteiger partial charge in [0.25, 0.3) is 0 Å². The molecular formula is C27H30F2N2O4. The number of carboxylic acids is 1. The Kier molecular flexibility index (Phi) is 6.27. The molecule has 0 radical (unpaired) electrons. The highest BCUT2D eigenvalue weighted by molar-refractivity contribution is 5.88. The Morgan fingerprint density at radius 3 is 2.63 bits per heavy atom. The minimum atomic E-state index is -2.74. The van der Waals surface area contributed by atoms with Gasteiger partial charge >= 0.3 is 12.6 Å². The van der Waals surface area contributed by atoms with E-state index in [1.807, 2.05) is 18.3 Å². The van der Waals surface area contributed by atoms with Gasteiger partial charge in [-0.15, -0.1) is 0 Å². The van der Waals surface area contributed by atoms with E-state index in [0.717, 1.165) is 52.7 Å². The molecule has 1 atom stereocenters. The van der Waals surface area contributed by atoms with Crippen molar-refractivity contribution in [2.45, 2.75) is 57.9 Å². The number of nitrogens with one attached hydrogen (secondary N) is 1. The summed E-state index contributed by atoms with van der Waals surface area (Å²) < 4.78 is 36.0. The first-order chi connectivity index (χ1) is 16.8. The number of carbonyl (C=O) groups is 1. The number of halogens is 2. The van der Waals surface area contributed by atoms with Crippen LogP contribution in [0.15, 0.2) is 42.6 Å². The zero-order chi connectivity index (χ0) is 24.7. The Labute approximate surface area is 202 Å². The highest BCUT2D eigenvalue weighted by Crippen LogP contribution is 2.55.